The molecule has 1 atom stereocenters. The summed E-state index contributed by atoms with van der Waals surface area (Å²) in [6.07, 6.45) is 1.14. The molecule has 0 radical (unpaired) electrons. The first-order valence-electron chi connectivity index (χ1n) is 8.92. The van der Waals surface area contributed by atoms with Crippen molar-refractivity contribution in [2.45, 2.75) is 38.3 Å². The molecule has 0 saturated carbocycles. The Balaban J connectivity index is 1.48. The summed E-state index contributed by atoms with van der Waals surface area (Å²) in [7, 11) is 0. The Kier molecular flexibility index (Phi) is 6.24. The first-order chi connectivity index (χ1) is 13.0. The Bertz CT molecular complexity index is 818. The molecule has 27 heavy (non-hydrogen) atoms. The lowest BCUT2D eigenvalue weighted by Gasteiger charge is -2.27. The first kappa shape index (κ1) is 19.1. The van der Waals surface area contributed by atoms with Crippen LogP contribution in [0.3, 0.4) is 0 Å². The Morgan fingerprint density at radius 2 is 1.93 bits per heavy atom. The minimum atomic E-state index is -1.08. The van der Waals surface area contributed by atoms with Gasteiger partial charge in [0.25, 0.3) is 0 Å². The molecular formula is C20H22N2O4S. The summed E-state index contributed by atoms with van der Waals surface area (Å²) in [4.78, 5) is 39.0. The van der Waals surface area contributed by atoms with Gasteiger partial charge in [-0.05, 0) is 29.0 Å². The molecule has 7 heteroatoms. The van der Waals surface area contributed by atoms with E-state index >= 15 is 0 Å². The zero-order valence-electron chi connectivity index (χ0n) is 14.9. The van der Waals surface area contributed by atoms with Crippen LogP contribution in [0.5, 0.6) is 0 Å². The Morgan fingerprint density at radius 1 is 1.15 bits per heavy atom. The van der Waals surface area contributed by atoms with E-state index in [4.69, 9.17) is 0 Å². The number of benzene rings is 1. The number of carboxylic acids is 1. The molecular weight excluding hydrogens is 364 g/mol. The number of fused-ring (bicyclic) bond motifs is 1. The second-order valence-corrected chi connectivity index (χ2v) is 7.58. The molecule has 2 amide bonds. The molecule has 1 aromatic carbocycles. The minimum Gasteiger partial charge on any atom is -0.480 e. The number of carboxylic acid groups (broad SMARTS) is 1. The molecule has 0 unspecified atom stereocenters. The summed E-state index contributed by atoms with van der Waals surface area (Å²) in [6, 6.07) is 10.2. The number of amides is 2. The minimum absolute atomic E-state index is 0.00953. The van der Waals surface area contributed by atoms with Crippen LogP contribution in [0.25, 0.3) is 0 Å². The van der Waals surface area contributed by atoms with Gasteiger partial charge in [-0.25, -0.2) is 4.79 Å². The summed E-state index contributed by atoms with van der Waals surface area (Å²) in [5.41, 5.74) is 2.01. The van der Waals surface area contributed by atoms with Crippen molar-refractivity contribution in [1.29, 1.82) is 0 Å². The van der Waals surface area contributed by atoms with Crippen molar-refractivity contribution < 1.29 is 19.5 Å². The smallest absolute Gasteiger partial charge is 0.326 e. The molecule has 0 aliphatic carbocycles. The van der Waals surface area contributed by atoms with Crippen molar-refractivity contribution >= 4 is 29.1 Å². The lowest BCUT2D eigenvalue weighted by atomic mass is 10.1. The van der Waals surface area contributed by atoms with Gasteiger partial charge in [-0.1, -0.05) is 30.3 Å². The third-order valence-electron chi connectivity index (χ3n) is 4.64. The molecule has 2 aromatic rings. The molecule has 1 aliphatic heterocycles. The van der Waals surface area contributed by atoms with Crippen molar-refractivity contribution in [2.24, 2.45) is 0 Å². The van der Waals surface area contributed by atoms with E-state index in [1.54, 1.807) is 16.2 Å². The van der Waals surface area contributed by atoms with Crippen LogP contribution in [0.2, 0.25) is 0 Å². The van der Waals surface area contributed by atoms with Crippen LogP contribution < -0.4 is 5.32 Å². The fraction of sp³-hybridized carbons (Fsp3) is 0.350. The second-order valence-electron chi connectivity index (χ2n) is 6.58. The van der Waals surface area contributed by atoms with Crippen LogP contribution in [0.15, 0.2) is 41.8 Å². The third-order valence-corrected chi connectivity index (χ3v) is 5.67. The highest BCUT2D eigenvalue weighted by Gasteiger charge is 2.24. The lowest BCUT2D eigenvalue weighted by molar-refractivity contribution is -0.142. The Labute approximate surface area is 161 Å². The Morgan fingerprint density at radius 3 is 2.67 bits per heavy atom. The molecule has 142 valence electrons. The summed E-state index contributed by atoms with van der Waals surface area (Å²) in [5.74, 6) is -1.57. The predicted octanol–water partition coefficient (Wildman–Crippen LogP) is 2.23. The number of nitrogens with zero attached hydrogens (tertiary/aromatic N) is 1. The van der Waals surface area contributed by atoms with Crippen molar-refractivity contribution in [3.63, 3.8) is 0 Å². The summed E-state index contributed by atoms with van der Waals surface area (Å²) in [5, 5.41) is 13.9. The van der Waals surface area contributed by atoms with E-state index in [-0.39, 0.29) is 25.2 Å². The number of nitrogens with one attached hydrogen (secondary N) is 1. The quantitative estimate of drug-likeness (QED) is 0.764. The monoisotopic (exact) mass is 386 g/mol. The summed E-state index contributed by atoms with van der Waals surface area (Å²) >= 11 is 1.71. The summed E-state index contributed by atoms with van der Waals surface area (Å²) in [6.45, 7) is 1.25. The molecule has 0 spiro atoms. The van der Waals surface area contributed by atoms with Gasteiger partial charge in [0.1, 0.15) is 6.04 Å². The average molecular weight is 386 g/mol. The van der Waals surface area contributed by atoms with E-state index in [0.29, 0.717) is 13.1 Å². The SMILES string of the molecule is O=C(CCC(=O)N1CCc2sccc2C1)N[C@@H](Cc1ccccc1)C(=O)O. The fourth-order valence-corrected chi connectivity index (χ4v) is 4.05. The maximum atomic E-state index is 12.4. The van der Waals surface area contributed by atoms with Gasteiger partial charge in [0.2, 0.25) is 11.8 Å². The van der Waals surface area contributed by atoms with Gasteiger partial charge in [0.05, 0.1) is 0 Å². The van der Waals surface area contributed by atoms with Crippen molar-refractivity contribution in [1.82, 2.24) is 10.2 Å². The van der Waals surface area contributed by atoms with Crippen molar-refractivity contribution in [3.05, 3.63) is 57.8 Å². The van der Waals surface area contributed by atoms with Crippen molar-refractivity contribution in [2.75, 3.05) is 6.54 Å². The van der Waals surface area contributed by atoms with Gasteiger partial charge in [-0.15, -0.1) is 11.3 Å². The number of hydrogen-bond acceptors (Lipinski definition) is 4. The number of aliphatic carboxylic acids is 1. The van der Waals surface area contributed by atoms with Crippen LogP contribution in [-0.2, 0) is 33.8 Å². The second kappa shape index (κ2) is 8.81. The largest absolute Gasteiger partial charge is 0.480 e. The van der Waals surface area contributed by atoms with Gasteiger partial charge in [-0.2, -0.15) is 0 Å². The molecule has 0 saturated heterocycles. The molecule has 1 aliphatic rings. The predicted molar refractivity (Wildman–Crippen MR) is 102 cm³/mol. The number of hydrogen-bond donors (Lipinski definition) is 2. The number of thiophene rings is 1. The van der Waals surface area contributed by atoms with E-state index in [2.05, 4.69) is 5.32 Å². The zero-order chi connectivity index (χ0) is 19.2. The van der Waals surface area contributed by atoms with Gasteiger partial charge in [-0.3, -0.25) is 9.59 Å². The standard InChI is InChI=1S/C20H22N2O4S/c23-18(21-16(20(25)26)12-14-4-2-1-3-5-14)6-7-19(24)22-10-8-17-15(13-22)9-11-27-17/h1-5,9,11,16H,6-8,10,12-13H2,(H,21,23)(H,25,26)/t16-/m0/s1. The van der Waals surface area contributed by atoms with Crippen LogP contribution in [0.1, 0.15) is 28.8 Å². The van der Waals surface area contributed by atoms with E-state index in [0.717, 1.165) is 12.0 Å². The average Bonchev–Trinajstić information content (AvgIpc) is 3.14. The molecule has 2 heterocycles. The number of carbonyl (C=O) groups excluding carboxylic acids is 2. The maximum absolute atomic E-state index is 12.4. The number of carbonyl (C=O) groups is 3. The zero-order valence-corrected chi connectivity index (χ0v) is 15.7. The fourth-order valence-electron chi connectivity index (χ4n) is 3.16. The first-order valence-corrected chi connectivity index (χ1v) is 9.80. The van der Waals surface area contributed by atoms with Crippen LogP contribution in [0, 0.1) is 0 Å². The van der Waals surface area contributed by atoms with Crippen LogP contribution >= 0.6 is 11.3 Å². The maximum Gasteiger partial charge on any atom is 0.326 e. The summed E-state index contributed by atoms with van der Waals surface area (Å²) < 4.78 is 0. The molecule has 0 bridgehead atoms. The van der Waals surface area contributed by atoms with E-state index in [9.17, 15) is 19.5 Å². The van der Waals surface area contributed by atoms with Crippen LogP contribution in [0.4, 0.5) is 0 Å². The third kappa shape index (κ3) is 5.17. The topological polar surface area (TPSA) is 86.7 Å². The highest BCUT2D eigenvalue weighted by Crippen LogP contribution is 2.24. The van der Waals surface area contributed by atoms with E-state index in [1.807, 2.05) is 41.8 Å². The normalized spacial score (nSPS) is 14.3. The molecule has 2 N–H and O–H groups in total. The van der Waals surface area contributed by atoms with Crippen LogP contribution in [-0.4, -0.2) is 40.4 Å². The Hall–Kier alpha value is -2.67. The van der Waals surface area contributed by atoms with Gasteiger partial charge in [0, 0.05) is 37.2 Å². The molecule has 0 fully saturated rings. The van der Waals surface area contributed by atoms with Gasteiger partial charge >= 0.3 is 5.97 Å². The number of rotatable bonds is 7. The molecule has 3 rings (SSSR count). The molecule has 6 nitrogen and oxygen atoms in total. The van der Waals surface area contributed by atoms with Gasteiger partial charge in [0.15, 0.2) is 0 Å². The highest BCUT2D eigenvalue weighted by molar-refractivity contribution is 7.10. The van der Waals surface area contributed by atoms with E-state index in [1.165, 1.54) is 10.4 Å². The van der Waals surface area contributed by atoms with E-state index < -0.39 is 17.9 Å². The van der Waals surface area contributed by atoms with Crippen molar-refractivity contribution in [3.8, 4) is 0 Å². The molecule has 1 aromatic heterocycles. The highest BCUT2D eigenvalue weighted by atomic mass is 32.1. The lowest BCUT2D eigenvalue weighted by Crippen LogP contribution is -2.43. The van der Waals surface area contributed by atoms with Gasteiger partial charge < -0.3 is 15.3 Å².